The van der Waals surface area contributed by atoms with Crippen LogP contribution in [0.2, 0.25) is 0 Å². The average molecular weight is 366 g/mol. The highest BCUT2D eigenvalue weighted by atomic mass is 16.1. The molecule has 5 nitrogen and oxygen atoms in total. The van der Waals surface area contributed by atoms with E-state index in [4.69, 9.17) is 10.7 Å². The van der Waals surface area contributed by atoms with E-state index in [1.807, 2.05) is 66.1 Å². The number of ketones is 1. The molecule has 0 aliphatic carbocycles. The first-order chi connectivity index (χ1) is 13.6. The summed E-state index contributed by atoms with van der Waals surface area (Å²) in [4.78, 5) is 21.3. The lowest BCUT2D eigenvalue weighted by molar-refractivity contribution is 0.103. The zero-order valence-electron chi connectivity index (χ0n) is 15.3. The highest BCUT2D eigenvalue weighted by Crippen LogP contribution is 2.36. The highest BCUT2D eigenvalue weighted by Gasteiger charge is 2.24. The summed E-state index contributed by atoms with van der Waals surface area (Å²) in [5, 5.41) is 0. The van der Waals surface area contributed by atoms with E-state index in [-0.39, 0.29) is 5.78 Å². The summed E-state index contributed by atoms with van der Waals surface area (Å²) in [7, 11) is 0. The quantitative estimate of drug-likeness (QED) is 0.458. The van der Waals surface area contributed by atoms with E-state index in [9.17, 15) is 4.79 Å². The molecule has 0 bridgehead atoms. The summed E-state index contributed by atoms with van der Waals surface area (Å²) in [5.41, 5.74) is 12.6. The van der Waals surface area contributed by atoms with E-state index in [1.54, 1.807) is 12.1 Å². The number of hydrogen-bond donors (Lipinski definition) is 2. The predicted octanol–water partition coefficient (Wildman–Crippen LogP) is 4.60. The molecule has 3 N–H and O–H groups in total. The van der Waals surface area contributed by atoms with Crippen LogP contribution in [-0.4, -0.2) is 20.2 Å². The molecule has 5 aromatic rings. The molecular weight excluding hydrogens is 348 g/mol. The van der Waals surface area contributed by atoms with Crippen molar-refractivity contribution in [2.24, 2.45) is 0 Å². The van der Waals surface area contributed by atoms with Gasteiger partial charge in [0.25, 0.3) is 0 Å². The normalized spacial score (nSPS) is 11.3. The van der Waals surface area contributed by atoms with Gasteiger partial charge in [-0.15, -0.1) is 0 Å². The number of rotatable bonds is 3. The molecule has 0 saturated carbocycles. The summed E-state index contributed by atoms with van der Waals surface area (Å²) in [6.45, 7) is 2.04. The van der Waals surface area contributed by atoms with Crippen LogP contribution in [0.25, 0.3) is 27.9 Å². The first kappa shape index (κ1) is 16.3. The zero-order valence-corrected chi connectivity index (χ0v) is 15.3. The molecule has 0 radical (unpaired) electrons. The third kappa shape index (κ3) is 2.41. The third-order valence-corrected chi connectivity index (χ3v) is 5.01. The van der Waals surface area contributed by atoms with Crippen molar-refractivity contribution >= 4 is 28.0 Å². The number of benzene rings is 2. The lowest BCUT2D eigenvalue weighted by Gasteiger charge is -2.03. The van der Waals surface area contributed by atoms with Gasteiger partial charge in [0.05, 0.1) is 27.8 Å². The van der Waals surface area contributed by atoms with Crippen LogP contribution in [0.5, 0.6) is 0 Å². The monoisotopic (exact) mass is 366 g/mol. The van der Waals surface area contributed by atoms with Crippen molar-refractivity contribution in [3.8, 4) is 11.4 Å². The van der Waals surface area contributed by atoms with Gasteiger partial charge in [0, 0.05) is 11.8 Å². The molecule has 2 aromatic carbocycles. The number of carbonyl (C=O) groups is 1. The maximum Gasteiger partial charge on any atom is 0.211 e. The summed E-state index contributed by atoms with van der Waals surface area (Å²) < 4.78 is 1.85. The molecule has 3 aromatic heterocycles. The Labute approximate surface area is 161 Å². The molecule has 28 heavy (non-hydrogen) atoms. The molecule has 0 unspecified atom stereocenters. The number of anilines is 1. The van der Waals surface area contributed by atoms with Gasteiger partial charge in [-0.05, 0) is 36.8 Å². The second kappa shape index (κ2) is 6.09. The van der Waals surface area contributed by atoms with Crippen molar-refractivity contribution < 1.29 is 4.79 Å². The van der Waals surface area contributed by atoms with Crippen LogP contribution in [0.1, 0.15) is 21.6 Å². The molecule has 0 saturated heterocycles. The van der Waals surface area contributed by atoms with Crippen LogP contribution in [0.15, 0.2) is 72.9 Å². The molecule has 0 aliphatic heterocycles. The molecule has 0 fully saturated rings. The van der Waals surface area contributed by atoms with Crippen molar-refractivity contribution in [2.75, 3.05) is 5.73 Å². The molecule has 0 amide bonds. The topological polar surface area (TPSA) is 76.2 Å². The molecule has 5 rings (SSSR count). The van der Waals surface area contributed by atoms with Gasteiger partial charge < -0.3 is 15.1 Å². The summed E-state index contributed by atoms with van der Waals surface area (Å²) in [5.74, 6) is 0.548. The Bertz CT molecular complexity index is 1350. The smallest absolute Gasteiger partial charge is 0.211 e. The van der Waals surface area contributed by atoms with Gasteiger partial charge in [0.1, 0.15) is 11.5 Å². The number of H-pyrrole nitrogens is 1. The Kier molecular flexibility index (Phi) is 3.55. The maximum absolute atomic E-state index is 13.2. The van der Waals surface area contributed by atoms with Crippen molar-refractivity contribution in [3.05, 3.63) is 89.7 Å². The number of aromatic nitrogens is 3. The Morgan fingerprint density at radius 2 is 1.82 bits per heavy atom. The van der Waals surface area contributed by atoms with Crippen LogP contribution in [0, 0.1) is 6.92 Å². The first-order valence-electron chi connectivity index (χ1n) is 9.08. The number of pyridine rings is 1. The number of aryl methyl sites for hydroxylation is 1. The number of fused-ring (bicyclic) bond motifs is 2. The average Bonchev–Trinajstić information content (AvgIpc) is 3.25. The lowest BCUT2D eigenvalue weighted by Crippen LogP contribution is -2.07. The minimum Gasteiger partial charge on any atom is -0.396 e. The van der Waals surface area contributed by atoms with Gasteiger partial charge in [0.2, 0.25) is 5.78 Å². The fourth-order valence-electron chi connectivity index (χ4n) is 3.68. The van der Waals surface area contributed by atoms with Gasteiger partial charge in [-0.25, -0.2) is 4.98 Å². The van der Waals surface area contributed by atoms with Crippen molar-refractivity contribution in [3.63, 3.8) is 0 Å². The molecule has 136 valence electrons. The Balaban J connectivity index is 1.78. The Morgan fingerprint density at radius 3 is 2.64 bits per heavy atom. The number of nitrogens with one attached hydrogen (secondary N) is 1. The molecular formula is C23H18N4O. The van der Waals surface area contributed by atoms with Crippen molar-refractivity contribution in [1.82, 2.24) is 14.4 Å². The van der Waals surface area contributed by atoms with Gasteiger partial charge in [-0.1, -0.05) is 42.5 Å². The molecule has 5 heteroatoms. The van der Waals surface area contributed by atoms with Crippen LogP contribution < -0.4 is 5.73 Å². The number of aromatic amines is 1. The molecule has 0 aliphatic rings. The van der Waals surface area contributed by atoms with Crippen LogP contribution in [0.4, 0.5) is 5.69 Å². The number of imidazole rings is 1. The molecule has 0 spiro atoms. The Morgan fingerprint density at radius 1 is 1.04 bits per heavy atom. The van der Waals surface area contributed by atoms with Crippen LogP contribution in [0.3, 0.4) is 0 Å². The minimum absolute atomic E-state index is 0.113. The highest BCUT2D eigenvalue weighted by molar-refractivity contribution is 6.15. The largest absolute Gasteiger partial charge is 0.396 e. The maximum atomic E-state index is 13.2. The molecule has 0 atom stereocenters. The van der Waals surface area contributed by atoms with Gasteiger partial charge in [0.15, 0.2) is 0 Å². The number of nitrogens with zero attached hydrogens (tertiary/aromatic N) is 2. The minimum atomic E-state index is -0.113. The lowest BCUT2D eigenvalue weighted by atomic mass is 10.1. The van der Waals surface area contributed by atoms with E-state index in [0.717, 1.165) is 27.7 Å². The number of carbonyl (C=O) groups excluding carboxylic acids is 1. The number of nitrogen functional groups attached to an aromatic ring is 1. The number of nitrogens with two attached hydrogens (primary N) is 1. The third-order valence-electron chi connectivity index (χ3n) is 5.01. The van der Waals surface area contributed by atoms with Gasteiger partial charge in [-0.3, -0.25) is 4.79 Å². The standard InChI is InChI=1S/C23H18N4O/c1-14-10-11-16-17(13-14)26-23(25-16)19-18-9-5-6-12-27(18)21(20(19)24)22(28)15-7-3-2-4-8-15/h2-13H,24H2,1H3,(H,25,26). The van der Waals surface area contributed by atoms with E-state index in [0.29, 0.717) is 22.8 Å². The number of hydrogen-bond acceptors (Lipinski definition) is 3. The van der Waals surface area contributed by atoms with Gasteiger partial charge in [-0.2, -0.15) is 0 Å². The van der Waals surface area contributed by atoms with Crippen molar-refractivity contribution in [2.45, 2.75) is 6.92 Å². The first-order valence-corrected chi connectivity index (χ1v) is 9.08. The van der Waals surface area contributed by atoms with E-state index in [2.05, 4.69) is 11.1 Å². The zero-order chi connectivity index (χ0) is 19.3. The van der Waals surface area contributed by atoms with E-state index < -0.39 is 0 Å². The van der Waals surface area contributed by atoms with Gasteiger partial charge >= 0.3 is 0 Å². The molecule has 3 heterocycles. The van der Waals surface area contributed by atoms with Crippen LogP contribution in [-0.2, 0) is 0 Å². The summed E-state index contributed by atoms with van der Waals surface area (Å²) >= 11 is 0. The second-order valence-corrected chi connectivity index (χ2v) is 6.89. The fraction of sp³-hybridized carbons (Fsp3) is 0.0435. The van der Waals surface area contributed by atoms with Crippen LogP contribution >= 0.6 is 0 Å². The predicted molar refractivity (Wildman–Crippen MR) is 112 cm³/mol. The van der Waals surface area contributed by atoms with E-state index >= 15 is 0 Å². The summed E-state index contributed by atoms with van der Waals surface area (Å²) in [6.07, 6.45) is 1.86. The van der Waals surface area contributed by atoms with Crippen molar-refractivity contribution in [1.29, 1.82) is 0 Å². The SMILES string of the molecule is Cc1ccc2nc(-c3c(N)c(C(=O)c4ccccc4)n4ccccc34)[nH]c2c1. The summed E-state index contributed by atoms with van der Waals surface area (Å²) in [6, 6.07) is 21.0. The Hall–Kier alpha value is -3.86. The fourth-order valence-corrected chi connectivity index (χ4v) is 3.68. The van der Waals surface area contributed by atoms with E-state index in [1.165, 1.54) is 0 Å². The second-order valence-electron chi connectivity index (χ2n) is 6.89.